The molecule has 0 aromatic heterocycles. The van der Waals surface area contributed by atoms with Gasteiger partial charge in [0, 0.05) is 11.6 Å². The third kappa shape index (κ3) is 3.28. The average molecular weight is 304 g/mol. The van der Waals surface area contributed by atoms with Crippen molar-refractivity contribution in [1.82, 2.24) is 0 Å². The number of rotatable bonds is 3. The number of phenolic OH excluding ortho intramolecular Hbond substituents is 1. The molecule has 2 aromatic carbocycles. The van der Waals surface area contributed by atoms with Gasteiger partial charge in [-0.25, -0.2) is 8.78 Å². The van der Waals surface area contributed by atoms with E-state index in [-0.39, 0.29) is 6.54 Å². The first-order valence-electron chi connectivity index (χ1n) is 5.33. The fourth-order valence-corrected chi connectivity index (χ4v) is 2.03. The van der Waals surface area contributed by atoms with Crippen molar-refractivity contribution in [3.8, 4) is 5.75 Å². The summed E-state index contributed by atoms with van der Waals surface area (Å²) in [4.78, 5) is 0. The van der Waals surface area contributed by atoms with Crippen molar-refractivity contribution < 1.29 is 13.9 Å². The number of halogens is 4. The number of aromatic hydroxyl groups is 1. The van der Waals surface area contributed by atoms with Gasteiger partial charge in [0.25, 0.3) is 0 Å². The molecule has 2 rings (SSSR count). The van der Waals surface area contributed by atoms with Crippen LogP contribution in [0.3, 0.4) is 0 Å². The molecule has 0 saturated carbocycles. The van der Waals surface area contributed by atoms with E-state index in [0.717, 1.165) is 12.1 Å². The fourth-order valence-electron chi connectivity index (χ4n) is 1.55. The van der Waals surface area contributed by atoms with Gasteiger partial charge in [0.2, 0.25) is 0 Å². The molecule has 0 aliphatic rings. The topological polar surface area (TPSA) is 32.3 Å². The van der Waals surface area contributed by atoms with Gasteiger partial charge in [-0.05, 0) is 35.9 Å². The Kier molecular flexibility index (Phi) is 4.12. The lowest BCUT2D eigenvalue weighted by molar-refractivity contribution is 0.395. The van der Waals surface area contributed by atoms with E-state index >= 15 is 0 Å². The number of nitrogens with one attached hydrogen (secondary N) is 1. The van der Waals surface area contributed by atoms with Crippen molar-refractivity contribution >= 4 is 28.9 Å². The van der Waals surface area contributed by atoms with Crippen LogP contribution in [0.1, 0.15) is 5.56 Å². The fraction of sp³-hybridized carbons (Fsp3) is 0.0769. The molecule has 0 spiro atoms. The van der Waals surface area contributed by atoms with E-state index in [1.165, 1.54) is 0 Å². The highest BCUT2D eigenvalue weighted by molar-refractivity contribution is 6.36. The number of benzene rings is 2. The minimum atomic E-state index is -1.00. The molecule has 0 fully saturated rings. The molecule has 19 heavy (non-hydrogen) atoms. The maximum Gasteiger partial charge on any atom is 0.187 e. The Morgan fingerprint density at radius 2 is 1.68 bits per heavy atom. The van der Waals surface area contributed by atoms with Gasteiger partial charge in [0.05, 0.1) is 10.7 Å². The second kappa shape index (κ2) is 5.63. The molecule has 2 nitrogen and oxygen atoms in total. The monoisotopic (exact) mass is 303 g/mol. The molecule has 0 bridgehead atoms. The van der Waals surface area contributed by atoms with Gasteiger partial charge in [0.1, 0.15) is 0 Å². The predicted molar refractivity (Wildman–Crippen MR) is 71.8 cm³/mol. The first kappa shape index (κ1) is 13.9. The Morgan fingerprint density at radius 1 is 1.05 bits per heavy atom. The van der Waals surface area contributed by atoms with E-state index in [9.17, 15) is 8.78 Å². The van der Waals surface area contributed by atoms with E-state index < -0.39 is 17.4 Å². The molecule has 0 saturated heterocycles. The Bertz CT molecular complexity index is 597. The van der Waals surface area contributed by atoms with E-state index in [4.69, 9.17) is 28.3 Å². The van der Waals surface area contributed by atoms with Crippen LogP contribution in [0.15, 0.2) is 30.3 Å². The van der Waals surface area contributed by atoms with E-state index in [2.05, 4.69) is 5.32 Å². The van der Waals surface area contributed by atoms with E-state index in [1.54, 1.807) is 18.2 Å². The molecule has 0 unspecified atom stereocenters. The first-order valence-corrected chi connectivity index (χ1v) is 6.09. The lowest BCUT2D eigenvalue weighted by Crippen LogP contribution is -2.01. The summed E-state index contributed by atoms with van der Waals surface area (Å²) in [5.41, 5.74) is 0.943. The molecule has 2 N–H and O–H groups in total. The molecule has 0 amide bonds. The zero-order chi connectivity index (χ0) is 14.0. The number of hydrogen-bond donors (Lipinski definition) is 2. The van der Waals surface area contributed by atoms with Gasteiger partial charge in [-0.1, -0.05) is 23.2 Å². The second-order valence-corrected chi connectivity index (χ2v) is 4.73. The number of hydrogen-bond acceptors (Lipinski definition) is 2. The largest absolute Gasteiger partial charge is 0.503 e. The SMILES string of the molecule is Oc1c(F)cc(CNc2ccc(Cl)cc2Cl)cc1F. The summed E-state index contributed by atoms with van der Waals surface area (Å²) in [6, 6.07) is 6.97. The van der Waals surface area contributed by atoms with Gasteiger partial charge in [-0.2, -0.15) is 0 Å². The molecule has 0 atom stereocenters. The van der Waals surface area contributed by atoms with Crippen LogP contribution in [-0.2, 0) is 6.54 Å². The predicted octanol–water partition coefficient (Wildman–Crippen LogP) is 4.59. The molecule has 0 heterocycles. The molecule has 0 aliphatic heterocycles. The van der Waals surface area contributed by atoms with Crippen LogP contribution >= 0.6 is 23.2 Å². The van der Waals surface area contributed by atoms with Crippen LogP contribution in [0.5, 0.6) is 5.75 Å². The molecular weight excluding hydrogens is 295 g/mol. The lowest BCUT2D eigenvalue weighted by atomic mass is 10.2. The van der Waals surface area contributed by atoms with Crippen molar-refractivity contribution in [2.45, 2.75) is 6.54 Å². The Labute approximate surface area is 118 Å². The van der Waals surface area contributed by atoms with Crippen molar-refractivity contribution in [3.63, 3.8) is 0 Å². The number of anilines is 1. The number of phenols is 1. The molecule has 0 radical (unpaired) electrons. The Morgan fingerprint density at radius 3 is 2.26 bits per heavy atom. The van der Waals surface area contributed by atoms with Crippen LogP contribution in [0, 0.1) is 11.6 Å². The Hall–Kier alpha value is -1.52. The summed E-state index contributed by atoms with van der Waals surface area (Å²) in [7, 11) is 0. The van der Waals surface area contributed by atoms with Crippen LogP contribution < -0.4 is 5.32 Å². The summed E-state index contributed by atoms with van der Waals surface area (Å²) in [5, 5.41) is 12.8. The zero-order valence-electron chi connectivity index (χ0n) is 9.55. The summed E-state index contributed by atoms with van der Waals surface area (Å²) in [6.45, 7) is 0.162. The van der Waals surface area contributed by atoms with Crippen LogP contribution in [-0.4, -0.2) is 5.11 Å². The maximum absolute atomic E-state index is 13.1. The van der Waals surface area contributed by atoms with Gasteiger partial charge in [0.15, 0.2) is 17.4 Å². The van der Waals surface area contributed by atoms with E-state index in [0.29, 0.717) is 21.3 Å². The van der Waals surface area contributed by atoms with Crippen molar-refractivity contribution in [2.75, 3.05) is 5.32 Å². The van der Waals surface area contributed by atoms with Gasteiger partial charge in [-0.3, -0.25) is 0 Å². The standard InChI is InChI=1S/C13H9Cl2F2NO/c14-8-1-2-12(9(15)5-8)18-6-7-3-10(16)13(19)11(17)4-7/h1-5,18-19H,6H2. The molecular formula is C13H9Cl2F2NO. The lowest BCUT2D eigenvalue weighted by Gasteiger charge is -2.09. The summed E-state index contributed by atoms with van der Waals surface area (Å²) >= 11 is 11.7. The highest BCUT2D eigenvalue weighted by Crippen LogP contribution is 2.26. The second-order valence-electron chi connectivity index (χ2n) is 3.89. The molecule has 0 aliphatic carbocycles. The highest BCUT2D eigenvalue weighted by atomic mass is 35.5. The van der Waals surface area contributed by atoms with E-state index in [1.807, 2.05) is 0 Å². The van der Waals surface area contributed by atoms with Crippen LogP contribution in [0.2, 0.25) is 10.0 Å². The molecule has 100 valence electrons. The summed E-state index contributed by atoms with van der Waals surface area (Å²) < 4.78 is 26.3. The first-order chi connectivity index (χ1) is 8.97. The Balaban J connectivity index is 2.14. The minimum Gasteiger partial charge on any atom is -0.503 e. The summed E-state index contributed by atoms with van der Waals surface area (Å²) in [6.07, 6.45) is 0. The van der Waals surface area contributed by atoms with Crippen molar-refractivity contribution in [2.24, 2.45) is 0 Å². The average Bonchev–Trinajstić information content (AvgIpc) is 2.34. The normalized spacial score (nSPS) is 10.5. The summed E-state index contributed by atoms with van der Waals surface area (Å²) in [5.74, 6) is -2.98. The quantitative estimate of drug-likeness (QED) is 0.869. The molecule has 2 aromatic rings. The third-order valence-corrected chi connectivity index (χ3v) is 3.04. The van der Waals surface area contributed by atoms with Crippen LogP contribution in [0.25, 0.3) is 0 Å². The van der Waals surface area contributed by atoms with Gasteiger partial charge in [-0.15, -0.1) is 0 Å². The van der Waals surface area contributed by atoms with Crippen LogP contribution in [0.4, 0.5) is 14.5 Å². The zero-order valence-corrected chi connectivity index (χ0v) is 11.1. The van der Waals surface area contributed by atoms with Crippen molar-refractivity contribution in [1.29, 1.82) is 0 Å². The van der Waals surface area contributed by atoms with Gasteiger partial charge >= 0.3 is 0 Å². The molecule has 6 heteroatoms. The minimum absolute atomic E-state index is 0.162. The van der Waals surface area contributed by atoms with Gasteiger partial charge < -0.3 is 10.4 Å². The smallest absolute Gasteiger partial charge is 0.187 e. The highest BCUT2D eigenvalue weighted by Gasteiger charge is 2.09. The maximum atomic E-state index is 13.1. The van der Waals surface area contributed by atoms with Crippen molar-refractivity contribution in [3.05, 3.63) is 57.6 Å². The third-order valence-electron chi connectivity index (χ3n) is 2.49.